The predicted octanol–water partition coefficient (Wildman–Crippen LogP) is 10.7. The lowest BCUT2D eigenvalue weighted by Gasteiger charge is -2.20. The van der Waals surface area contributed by atoms with Crippen LogP contribution in [0.1, 0.15) is 155 Å². The van der Waals surface area contributed by atoms with Crippen LogP contribution >= 0.6 is 7.82 Å². The Morgan fingerprint density at radius 2 is 1.07 bits per heavy atom. The van der Waals surface area contributed by atoms with Crippen LogP contribution < -0.4 is 5.73 Å². The van der Waals surface area contributed by atoms with Gasteiger partial charge in [-0.05, 0) is 89.9 Å². The van der Waals surface area contributed by atoms with Crippen molar-refractivity contribution in [3.63, 3.8) is 0 Å². The van der Waals surface area contributed by atoms with Crippen molar-refractivity contribution in [3.8, 4) is 0 Å². The van der Waals surface area contributed by atoms with Crippen LogP contribution in [0.25, 0.3) is 0 Å². The number of epoxide rings is 1. The first-order valence-corrected chi connectivity index (χ1v) is 23.6. The number of hydrogen-bond donors (Lipinski definition) is 3. The van der Waals surface area contributed by atoms with E-state index in [4.69, 9.17) is 29.6 Å². The molecule has 3 unspecified atom stereocenters. The molecule has 59 heavy (non-hydrogen) atoms. The summed E-state index contributed by atoms with van der Waals surface area (Å²) >= 11 is 0. The van der Waals surface area contributed by atoms with E-state index < -0.39 is 57.7 Å². The monoisotopic (exact) mass is 850 g/mol. The zero-order chi connectivity index (χ0) is 43.2. The number of esters is 2. The summed E-state index contributed by atoms with van der Waals surface area (Å²) < 4.78 is 38.4. The second-order valence-electron chi connectivity index (χ2n) is 14.9. The molecule has 0 radical (unpaired) electrons. The molecule has 0 spiro atoms. The van der Waals surface area contributed by atoms with Crippen molar-refractivity contribution < 1.29 is 52.2 Å². The Morgan fingerprint density at radius 1 is 0.610 bits per heavy atom. The number of rotatable bonds is 39. The van der Waals surface area contributed by atoms with E-state index >= 15 is 0 Å². The zero-order valence-corrected chi connectivity index (χ0v) is 36.9. The maximum absolute atomic E-state index is 12.6. The lowest BCUT2D eigenvalue weighted by Crippen LogP contribution is -2.34. The molecule has 0 saturated carbocycles. The first-order valence-electron chi connectivity index (χ1n) is 22.1. The number of aliphatic carboxylic acids is 1. The van der Waals surface area contributed by atoms with Crippen LogP contribution in [0, 0.1) is 0 Å². The zero-order valence-electron chi connectivity index (χ0n) is 36.0. The molecule has 0 bridgehead atoms. The average molecular weight is 850 g/mol. The number of hydrogen-bond acceptors (Lipinski definition) is 10. The van der Waals surface area contributed by atoms with E-state index in [0.717, 1.165) is 70.6 Å². The number of phosphoric ester groups is 1. The fourth-order valence-corrected chi connectivity index (χ4v) is 6.47. The average Bonchev–Trinajstić information content (AvgIpc) is 3.97. The smallest absolute Gasteiger partial charge is 0.472 e. The Morgan fingerprint density at radius 3 is 1.64 bits per heavy atom. The topological polar surface area (TPSA) is 184 Å². The summed E-state index contributed by atoms with van der Waals surface area (Å²) in [5, 5.41) is 8.89. The van der Waals surface area contributed by atoms with Gasteiger partial charge in [0.1, 0.15) is 12.6 Å². The number of carboxylic acid groups (broad SMARTS) is 1. The molecule has 5 atom stereocenters. The van der Waals surface area contributed by atoms with Crippen LogP contribution in [0.5, 0.6) is 0 Å². The molecule has 0 aliphatic carbocycles. The molecule has 13 heteroatoms. The van der Waals surface area contributed by atoms with Gasteiger partial charge in [-0.15, -0.1) is 0 Å². The molecule has 1 saturated heterocycles. The second-order valence-corrected chi connectivity index (χ2v) is 16.3. The Balaban J connectivity index is 2.35. The fraction of sp³-hybridized carbons (Fsp3) is 0.674. The number of carboxylic acids is 1. The van der Waals surface area contributed by atoms with Crippen LogP contribution in [-0.4, -0.2) is 72.1 Å². The van der Waals surface area contributed by atoms with Gasteiger partial charge in [0.25, 0.3) is 0 Å². The number of carbonyl (C=O) groups excluding carboxylic acids is 2. The third-order valence-electron chi connectivity index (χ3n) is 9.33. The lowest BCUT2D eigenvalue weighted by atomic mass is 10.1. The molecular weight excluding hydrogens is 773 g/mol. The number of phosphoric acid groups is 1. The number of unbranched alkanes of at least 4 members (excludes halogenated alkanes) is 11. The van der Waals surface area contributed by atoms with Gasteiger partial charge in [-0.2, -0.15) is 0 Å². The molecule has 4 N–H and O–H groups in total. The van der Waals surface area contributed by atoms with Crippen LogP contribution in [0.3, 0.4) is 0 Å². The van der Waals surface area contributed by atoms with Crippen molar-refractivity contribution in [3.05, 3.63) is 72.9 Å². The van der Waals surface area contributed by atoms with Crippen molar-refractivity contribution in [1.82, 2.24) is 0 Å². The van der Waals surface area contributed by atoms with E-state index in [1.165, 1.54) is 38.5 Å². The third-order valence-corrected chi connectivity index (χ3v) is 10.3. The van der Waals surface area contributed by atoms with E-state index in [1.54, 1.807) is 0 Å². The first-order chi connectivity index (χ1) is 28.6. The van der Waals surface area contributed by atoms with E-state index in [9.17, 15) is 23.8 Å². The molecule has 1 heterocycles. The highest BCUT2D eigenvalue weighted by molar-refractivity contribution is 7.47. The van der Waals surface area contributed by atoms with Crippen molar-refractivity contribution in [2.75, 3.05) is 19.8 Å². The Hall–Kier alpha value is -3.12. The lowest BCUT2D eigenvalue weighted by molar-refractivity contribution is -0.161. The van der Waals surface area contributed by atoms with Gasteiger partial charge in [0, 0.05) is 12.8 Å². The van der Waals surface area contributed by atoms with E-state index in [0.29, 0.717) is 31.5 Å². The summed E-state index contributed by atoms with van der Waals surface area (Å²) in [7, 11) is -4.74. The minimum atomic E-state index is -4.74. The normalized spacial score (nSPS) is 17.8. The molecule has 336 valence electrons. The minimum absolute atomic E-state index is 0.117. The minimum Gasteiger partial charge on any atom is -0.480 e. The Bertz CT molecular complexity index is 1340. The van der Waals surface area contributed by atoms with Gasteiger partial charge in [0.2, 0.25) is 0 Å². The van der Waals surface area contributed by atoms with Crippen molar-refractivity contribution >= 4 is 25.7 Å². The number of carbonyl (C=O) groups is 3. The molecule has 1 aliphatic heterocycles. The maximum atomic E-state index is 12.6. The first kappa shape index (κ1) is 53.9. The van der Waals surface area contributed by atoms with E-state index in [-0.39, 0.29) is 12.8 Å². The van der Waals surface area contributed by atoms with Gasteiger partial charge in [-0.25, -0.2) is 4.57 Å². The highest BCUT2D eigenvalue weighted by Crippen LogP contribution is 2.43. The fourth-order valence-electron chi connectivity index (χ4n) is 5.69. The van der Waals surface area contributed by atoms with Gasteiger partial charge in [0.05, 0.1) is 25.4 Å². The largest absolute Gasteiger partial charge is 0.480 e. The summed E-state index contributed by atoms with van der Waals surface area (Å²) in [4.78, 5) is 46.0. The molecular formula is C46H76NO11P. The SMILES string of the molecule is CCCCC/C=C\C/C=C\C/C=C\CCCCCCC(=O)O[C@H](COC(=O)CCC/C=C\C/C=C\CC1OC1C/C=C\CCCCC)COP(=O)(O)OC[C@H](N)C(=O)O. The quantitative estimate of drug-likeness (QED) is 0.0175. The molecule has 0 aromatic rings. The highest BCUT2D eigenvalue weighted by atomic mass is 31.2. The summed E-state index contributed by atoms with van der Waals surface area (Å²) in [5.41, 5.74) is 5.33. The molecule has 1 rings (SSSR count). The van der Waals surface area contributed by atoms with Gasteiger partial charge < -0.3 is 29.9 Å². The number of nitrogens with two attached hydrogens (primary N) is 1. The van der Waals surface area contributed by atoms with Crippen LogP contribution in [0.15, 0.2) is 72.9 Å². The number of allylic oxidation sites excluding steroid dienone is 10. The molecule has 12 nitrogen and oxygen atoms in total. The van der Waals surface area contributed by atoms with Crippen LogP contribution in [-0.2, 0) is 42.2 Å². The van der Waals surface area contributed by atoms with E-state index in [1.807, 2.05) is 12.2 Å². The summed E-state index contributed by atoms with van der Waals surface area (Å²) in [6, 6.07) is -1.54. The summed E-state index contributed by atoms with van der Waals surface area (Å²) in [6.07, 6.45) is 45.7. The van der Waals surface area contributed by atoms with Crippen LogP contribution in [0.4, 0.5) is 0 Å². The van der Waals surface area contributed by atoms with Gasteiger partial charge >= 0.3 is 25.7 Å². The van der Waals surface area contributed by atoms with Gasteiger partial charge in [-0.3, -0.25) is 23.4 Å². The molecule has 0 aromatic carbocycles. The molecule has 0 aromatic heterocycles. The van der Waals surface area contributed by atoms with E-state index in [2.05, 4.69) is 79.1 Å². The van der Waals surface area contributed by atoms with Crippen molar-refractivity contribution in [1.29, 1.82) is 0 Å². The van der Waals surface area contributed by atoms with Gasteiger partial charge in [-0.1, -0.05) is 125 Å². The standard InChI is InChI=1S/C46H76NO11P/c1-3-5-7-9-11-12-13-14-15-16-17-18-19-20-23-28-32-36-45(49)57-40(38-55-59(52,53)56-39-41(47)46(50)51)37-54-44(48)35-31-27-24-21-22-26-30-34-43-42(58-43)33-29-25-10-8-6-4-2/h11-12,14-15,17-18,21,24-26,29-30,40-43H,3-10,13,16,19-20,22-23,27-28,31-39,47H2,1-2H3,(H,50,51)(H,52,53)/b12-11-,15-14-,18-17-,24-21-,29-25-,30-26-/t40-,41+,42?,43?/m1/s1. The van der Waals surface area contributed by atoms with Crippen LogP contribution in [0.2, 0.25) is 0 Å². The molecule has 0 amide bonds. The Kier molecular flexibility index (Phi) is 33.5. The second kappa shape index (κ2) is 36.7. The summed E-state index contributed by atoms with van der Waals surface area (Å²) in [6.45, 7) is 2.64. The Labute approximate surface area is 355 Å². The highest BCUT2D eigenvalue weighted by Gasteiger charge is 2.36. The molecule has 1 fully saturated rings. The molecule has 1 aliphatic rings. The third kappa shape index (κ3) is 34.3. The van der Waals surface area contributed by atoms with Crippen molar-refractivity contribution in [2.45, 2.75) is 179 Å². The van der Waals surface area contributed by atoms with Gasteiger partial charge in [0.15, 0.2) is 6.10 Å². The maximum Gasteiger partial charge on any atom is 0.472 e. The summed E-state index contributed by atoms with van der Waals surface area (Å²) in [5.74, 6) is -2.50. The number of ether oxygens (including phenoxy) is 3. The predicted molar refractivity (Wildman–Crippen MR) is 235 cm³/mol. The van der Waals surface area contributed by atoms with Crippen molar-refractivity contribution in [2.24, 2.45) is 5.73 Å².